The van der Waals surface area contributed by atoms with E-state index in [1.165, 1.54) is 7.11 Å². The normalized spacial score (nSPS) is 13.4. The average Bonchev–Trinajstić information content (AvgIpc) is 2.20. The molecule has 1 atom stereocenters. The Morgan fingerprint density at radius 3 is 2.12 bits per heavy atom. The van der Waals surface area contributed by atoms with Crippen molar-refractivity contribution in [3.8, 4) is 0 Å². The van der Waals surface area contributed by atoms with Crippen molar-refractivity contribution in [2.45, 2.75) is 46.2 Å². The molecule has 0 unspecified atom stereocenters. The zero-order chi connectivity index (χ0) is 13.6. The van der Waals surface area contributed by atoms with Gasteiger partial charge in [0, 0.05) is 5.54 Å². The molecule has 5 nitrogen and oxygen atoms in total. The highest BCUT2D eigenvalue weighted by Gasteiger charge is 2.25. The molecule has 0 spiro atoms. The summed E-state index contributed by atoms with van der Waals surface area (Å²) in [5.74, 6) is -0.617. The number of carbonyl (C=O) groups is 2. The van der Waals surface area contributed by atoms with Crippen LogP contribution in [0.4, 0.5) is 0 Å². The molecule has 2 N–H and O–H groups in total. The van der Waals surface area contributed by atoms with Crippen molar-refractivity contribution in [2.24, 2.45) is 5.92 Å². The molecule has 0 aliphatic carbocycles. The van der Waals surface area contributed by atoms with Crippen molar-refractivity contribution < 1.29 is 14.3 Å². The highest BCUT2D eigenvalue weighted by Crippen LogP contribution is 2.03. The van der Waals surface area contributed by atoms with Crippen LogP contribution in [-0.2, 0) is 14.3 Å². The third kappa shape index (κ3) is 6.94. The molecule has 0 heterocycles. The summed E-state index contributed by atoms with van der Waals surface area (Å²) in [7, 11) is 1.32. The number of rotatable bonds is 5. The van der Waals surface area contributed by atoms with Crippen LogP contribution in [0, 0.1) is 5.92 Å². The van der Waals surface area contributed by atoms with Crippen LogP contribution < -0.4 is 10.6 Å². The van der Waals surface area contributed by atoms with Crippen molar-refractivity contribution in [2.75, 3.05) is 13.7 Å². The Labute approximate surface area is 103 Å². The summed E-state index contributed by atoms with van der Waals surface area (Å²) in [5.41, 5.74) is -0.129. The number of esters is 1. The summed E-state index contributed by atoms with van der Waals surface area (Å²) in [6.07, 6.45) is 0. The van der Waals surface area contributed by atoms with Gasteiger partial charge in [-0.05, 0) is 26.7 Å². The van der Waals surface area contributed by atoms with E-state index in [1.54, 1.807) is 0 Å². The van der Waals surface area contributed by atoms with Gasteiger partial charge in [0.1, 0.15) is 6.04 Å². The zero-order valence-corrected chi connectivity index (χ0v) is 11.6. The minimum absolute atomic E-state index is 0.000960. The highest BCUT2D eigenvalue weighted by atomic mass is 16.5. The van der Waals surface area contributed by atoms with Gasteiger partial charge in [0.05, 0.1) is 13.7 Å². The van der Waals surface area contributed by atoms with E-state index >= 15 is 0 Å². The van der Waals surface area contributed by atoms with Crippen molar-refractivity contribution in [3.63, 3.8) is 0 Å². The summed E-state index contributed by atoms with van der Waals surface area (Å²) < 4.78 is 4.65. The number of hydrogen-bond donors (Lipinski definition) is 2. The van der Waals surface area contributed by atoms with Crippen LogP contribution in [0.1, 0.15) is 34.6 Å². The molecule has 0 rings (SSSR count). The number of methoxy groups -OCH3 is 1. The summed E-state index contributed by atoms with van der Waals surface area (Å²) in [4.78, 5) is 23.1. The fraction of sp³-hybridized carbons (Fsp3) is 0.833. The van der Waals surface area contributed by atoms with Gasteiger partial charge in [-0.1, -0.05) is 13.8 Å². The summed E-state index contributed by atoms with van der Waals surface area (Å²) in [6.45, 7) is 9.82. The lowest BCUT2D eigenvalue weighted by Crippen LogP contribution is -2.50. The Bertz CT molecular complexity index is 269. The molecule has 1 amide bonds. The predicted octanol–water partition coefficient (Wildman–Crippen LogP) is 0.688. The van der Waals surface area contributed by atoms with Crippen LogP contribution >= 0.6 is 0 Å². The number of ether oxygens (including phenoxy) is 1. The van der Waals surface area contributed by atoms with Gasteiger partial charge in [-0.15, -0.1) is 0 Å². The molecular weight excluding hydrogens is 220 g/mol. The first-order chi connectivity index (χ1) is 7.67. The molecule has 0 aromatic rings. The van der Waals surface area contributed by atoms with Crippen molar-refractivity contribution in [1.82, 2.24) is 10.6 Å². The van der Waals surface area contributed by atoms with Crippen LogP contribution in [0.3, 0.4) is 0 Å². The Kier molecular flexibility index (Phi) is 6.16. The molecule has 100 valence electrons. The summed E-state index contributed by atoms with van der Waals surface area (Å²) in [6, 6.07) is -0.589. The van der Waals surface area contributed by atoms with Crippen LogP contribution in [0.2, 0.25) is 0 Å². The summed E-state index contributed by atoms with van der Waals surface area (Å²) in [5, 5.41) is 5.72. The number of hydrogen-bond acceptors (Lipinski definition) is 4. The molecule has 0 radical (unpaired) electrons. The quantitative estimate of drug-likeness (QED) is 0.698. The van der Waals surface area contributed by atoms with Crippen LogP contribution in [0.5, 0.6) is 0 Å². The SMILES string of the molecule is COC(=O)[C@@H](NC(=O)CNC(C)(C)C)C(C)C. The molecule has 0 saturated heterocycles. The van der Waals surface area contributed by atoms with E-state index in [0.29, 0.717) is 0 Å². The topological polar surface area (TPSA) is 67.4 Å². The second-order valence-corrected chi connectivity index (χ2v) is 5.42. The lowest BCUT2D eigenvalue weighted by Gasteiger charge is -2.23. The van der Waals surface area contributed by atoms with E-state index in [2.05, 4.69) is 15.4 Å². The van der Waals surface area contributed by atoms with E-state index in [0.717, 1.165) is 0 Å². The second kappa shape index (κ2) is 6.59. The van der Waals surface area contributed by atoms with E-state index in [-0.39, 0.29) is 23.9 Å². The fourth-order valence-corrected chi connectivity index (χ4v) is 1.19. The first-order valence-corrected chi connectivity index (χ1v) is 5.79. The van der Waals surface area contributed by atoms with Gasteiger partial charge < -0.3 is 15.4 Å². The Morgan fingerprint density at radius 1 is 1.24 bits per heavy atom. The molecule has 17 heavy (non-hydrogen) atoms. The molecule has 0 fully saturated rings. The maximum Gasteiger partial charge on any atom is 0.328 e. The monoisotopic (exact) mass is 244 g/mol. The Morgan fingerprint density at radius 2 is 1.76 bits per heavy atom. The van der Waals surface area contributed by atoms with Crippen LogP contribution in [-0.4, -0.2) is 37.1 Å². The third-order valence-corrected chi connectivity index (χ3v) is 2.22. The molecule has 0 aliphatic heterocycles. The minimum Gasteiger partial charge on any atom is -0.467 e. The molecule has 0 aromatic heterocycles. The number of amides is 1. The highest BCUT2D eigenvalue weighted by molar-refractivity contribution is 5.85. The average molecular weight is 244 g/mol. The predicted molar refractivity (Wildman–Crippen MR) is 66.5 cm³/mol. The van der Waals surface area contributed by atoms with Gasteiger partial charge in [0.2, 0.25) is 5.91 Å². The largest absolute Gasteiger partial charge is 0.467 e. The fourth-order valence-electron chi connectivity index (χ4n) is 1.19. The van der Waals surface area contributed by atoms with E-state index in [4.69, 9.17) is 0 Å². The van der Waals surface area contributed by atoms with Crippen LogP contribution in [0.15, 0.2) is 0 Å². The van der Waals surface area contributed by atoms with E-state index in [1.807, 2.05) is 34.6 Å². The zero-order valence-electron chi connectivity index (χ0n) is 11.6. The maximum absolute atomic E-state index is 11.6. The third-order valence-electron chi connectivity index (χ3n) is 2.22. The standard InChI is InChI=1S/C12H24N2O3/c1-8(2)10(11(16)17-6)14-9(15)7-13-12(3,4)5/h8,10,13H,7H2,1-6H3,(H,14,15)/t10-/m0/s1. The lowest BCUT2D eigenvalue weighted by molar-refractivity contribution is -0.146. The van der Waals surface area contributed by atoms with Gasteiger partial charge in [-0.2, -0.15) is 0 Å². The molecule has 0 aliphatic rings. The van der Waals surface area contributed by atoms with E-state index in [9.17, 15) is 9.59 Å². The molecule has 0 saturated carbocycles. The van der Waals surface area contributed by atoms with Crippen LogP contribution in [0.25, 0.3) is 0 Å². The first kappa shape index (κ1) is 15.9. The molecule has 0 aromatic carbocycles. The van der Waals surface area contributed by atoms with Crippen molar-refractivity contribution in [3.05, 3.63) is 0 Å². The van der Waals surface area contributed by atoms with Crippen molar-refractivity contribution >= 4 is 11.9 Å². The second-order valence-electron chi connectivity index (χ2n) is 5.42. The van der Waals surface area contributed by atoms with Gasteiger partial charge in [0.15, 0.2) is 0 Å². The van der Waals surface area contributed by atoms with Gasteiger partial charge in [0.25, 0.3) is 0 Å². The van der Waals surface area contributed by atoms with E-state index < -0.39 is 12.0 Å². The molecule has 0 bridgehead atoms. The number of nitrogens with one attached hydrogen (secondary N) is 2. The van der Waals surface area contributed by atoms with Gasteiger partial charge >= 0.3 is 5.97 Å². The smallest absolute Gasteiger partial charge is 0.328 e. The Balaban J connectivity index is 4.28. The number of carbonyl (C=O) groups excluding carboxylic acids is 2. The van der Waals surface area contributed by atoms with Gasteiger partial charge in [-0.3, -0.25) is 4.79 Å². The van der Waals surface area contributed by atoms with Crippen molar-refractivity contribution in [1.29, 1.82) is 0 Å². The Hall–Kier alpha value is -1.10. The lowest BCUT2D eigenvalue weighted by atomic mass is 10.0. The summed E-state index contributed by atoms with van der Waals surface area (Å²) >= 11 is 0. The minimum atomic E-state index is -0.589. The molecule has 5 heteroatoms. The first-order valence-electron chi connectivity index (χ1n) is 5.79. The molecular formula is C12H24N2O3. The van der Waals surface area contributed by atoms with Gasteiger partial charge in [-0.25, -0.2) is 4.79 Å². The maximum atomic E-state index is 11.6.